The van der Waals surface area contributed by atoms with Gasteiger partial charge in [0.2, 0.25) is 10.0 Å². The van der Waals surface area contributed by atoms with Gasteiger partial charge in [0.05, 0.1) is 49.4 Å². The standard InChI is InChI=1S/C21H20FN5O3S/c1-14(15-7-9-26(10-8-15)31(2,29)30)25-21(28)19-11-23-13-20-18(19)12-24-27(20)17-5-3-16(22)4-6-17/h3-9,11-14H,10H2,1-2H3,(H,25,28)/t14-/m0/s1/i1D3,14D. The van der Waals surface area contributed by atoms with Gasteiger partial charge in [-0.05, 0) is 42.8 Å². The molecule has 0 fully saturated rings. The van der Waals surface area contributed by atoms with Crippen LogP contribution in [0.1, 0.15) is 22.7 Å². The Morgan fingerprint density at radius 3 is 2.71 bits per heavy atom. The van der Waals surface area contributed by atoms with E-state index in [-0.39, 0.29) is 17.7 Å². The molecule has 1 amide bonds. The van der Waals surface area contributed by atoms with Gasteiger partial charge in [0.25, 0.3) is 5.91 Å². The van der Waals surface area contributed by atoms with Gasteiger partial charge in [0, 0.05) is 21.9 Å². The second kappa shape index (κ2) is 7.95. The Hall–Kier alpha value is -3.53. The van der Waals surface area contributed by atoms with E-state index in [0.717, 1.165) is 16.8 Å². The first-order valence-electron chi connectivity index (χ1n) is 11.1. The molecule has 0 saturated carbocycles. The molecule has 1 aliphatic rings. The SMILES string of the molecule is [2H]C([2H])([2H])[C@]([2H])(NC(=O)c1cncc2c1cnn2-c1ccc(F)cc1)C1=CCN(S(C)(=O)=O)C=C1. The average Bonchev–Trinajstić information content (AvgIpc) is 3.22. The number of nitrogens with one attached hydrogen (secondary N) is 1. The van der Waals surface area contributed by atoms with Crippen molar-refractivity contribution in [2.75, 3.05) is 12.8 Å². The van der Waals surface area contributed by atoms with Crippen molar-refractivity contribution >= 4 is 26.8 Å². The molecule has 0 saturated heterocycles. The molecule has 8 nitrogen and oxygen atoms in total. The summed E-state index contributed by atoms with van der Waals surface area (Å²) in [5.74, 6) is -1.31. The van der Waals surface area contributed by atoms with Crippen molar-refractivity contribution in [2.24, 2.45) is 0 Å². The quantitative estimate of drug-likeness (QED) is 0.650. The average molecular weight is 446 g/mol. The van der Waals surface area contributed by atoms with Gasteiger partial charge in [-0.15, -0.1) is 0 Å². The van der Waals surface area contributed by atoms with E-state index < -0.39 is 34.6 Å². The van der Waals surface area contributed by atoms with Crippen LogP contribution in [0.5, 0.6) is 0 Å². The molecule has 4 rings (SSSR count). The van der Waals surface area contributed by atoms with Crippen LogP contribution in [-0.4, -0.2) is 52.2 Å². The third-order valence-electron chi connectivity index (χ3n) is 4.68. The second-order valence-corrected chi connectivity index (χ2v) is 8.72. The lowest BCUT2D eigenvalue weighted by Gasteiger charge is -2.23. The molecule has 0 aliphatic carbocycles. The normalized spacial score (nSPS) is 18.4. The van der Waals surface area contributed by atoms with Gasteiger partial charge in [-0.2, -0.15) is 5.10 Å². The molecule has 1 aromatic carbocycles. The first kappa shape index (κ1) is 16.2. The molecular weight excluding hydrogens is 421 g/mol. The van der Waals surface area contributed by atoms with Crippen LogP contribution in [0.3, 0.4) is 0 Å². The fraction of sp³-hybridized carbons (Fsp3) is 0.190. The summed E-state index contributed by atoms with van der Waals surface area (Å²) in [6.07, 6.45) is 8.66. The van der Waals surface area contributed by atoms with Gasteiger partial charge < -0.3 is 5.32 Å². The smallest absolute Gasteiger partial charge is 0.254 e. The third kappa shape index (κ3) is 4.19. The van der Waals surface area contributed by atoms with E-state index >= 15 is 0 Å². The zero-order valence-corrected chi connectivity index (χ0v) is 17.1. The lowest BCUT2D eigenvalue weighted by Crippen LogP contribution is -2.35. The van der Waals surface area contributed by atoms with Crippen LogP contribution in [0.4, 0.5) is 4.39 Å². The molecule has 1 atom stereocenters. The third-order valence-corrected chi connectivity index (χ3v) is 5.80. The highest BCUT2D eigenvalue weighted by molar-refractivity contribution is 7.88. The predicted octanol–water partition coefficient (Wildman–Crippen LogP) is 2.39. The van der Waals surface area contributed by atoms with Gasteiger partial charge in [0.1, 0.15) is 5.82 Å². The van der Waals surface area contributed by atoms with Crippen molar-refractivity contribution in [1.29, 1.82) is 0 Å². The van der Waals surface area contributed by atoms with Crippen LogP contribution in [0.2, 0.25) is 0 Å². The zero-order chi connectivity index (χ0) is 25.6. The Morgan fingerprint density at radius 2 is 2.06 bits per heavy atom. The van der Waals surface area contributed by atoms with Crippen LogP contribution in [0, 0.1) is 5.82 Å². The van der Waals surface area contributed by atoms with Crippen molar-refractivity contribution in [3.63, 3.8) is 0 Å². The van der Waals surface area contributed by atoms with Gasteiger partial charge in [-0.25, -0.2) is 17.5 Å². The number of sulfonamides is 1. The molecular formula is C21H20FN5O3S. The van der Waals surface area contributed by atoms with Crippen molar-refractivity contribution in [2.45, 2.75) is 12.9 Å². The molecule has 0 radical (unpaired) electrons. The van der Waals surface area contributed by atoms with Gasteiger partial charge in [0.15, 0.2) is 0 Å². The number of amides is 1. The lowest BCUT2D eigenvalue weighted by atomic mass is 10.1. The Kier molecular flexibility index (Phi) is 4.16. The maximum atomic E-state index is 13.3. The summed E-state index contributed by atoms with van der Waals surface area (Å²) in [5, 5.41) is 6.85. The number of aromatic nitrogens is 3. The van der Waals surface area contributed by atoms with Gasteiger partial charge in [-0.3, -0.25) is 14.1 Å². The lowest BCUT2D eigenvalue weighted by molar-refractivity contribution is 0.0947. The number of carbonyl (C=O) groups excluding carboxylic acids is 1. The number of carbonyl (C=O) groups is 1. The largest absolute Gasteiger partial charge is 0.345 e. The maximum absolute atomic E-state index is 13.3. The number of halogens is 1. The first-order chi connectivity index (χ1) is 16.3. The van der Waals surface area contributed by atoms with E-state index in [2.05, 4.69) is 15.4 Å². The molecule has 0 unspecified atom stereocenters. The summed E-state index contributed by atoms with van der Waals surface area (Å²) in [6, 6.07) is 2.94. The summed E-state index contributed by atoms with van der Waals surface area (Å²) >= 11 is 0. The number of benzene rings is 1. The van der Waals surface area contributed by atoms with E-state index in [4.69, 9.17) is 5.48 Å². The highest BCUT2D eigenvalue weighted by Crippen LogP contribution is 2.22. The molecule has 1 aliphatic heterocycles. The van der Waals surface area contributed by atoms with Crippen LogP contribution in [-0.2, 0) is 10.0 Å². The predicted molar refractivity (Wildman–Crippen MR) is 115 cm³/mol. The molecule has 3 heterocycles. The molecule has 2 aromatic heterocycles. The molecule has 1 N–H and O–H groups in total. The molecule has 10 heteroatoms. The highest BCUT2D eigenvalue weighted by Gasteiger charge is 2.20. The summed E-state index contributed by atoms with van der Waals surface area (Å²) in [6.45, 7) is -3.18. The van der Waals surface area contributed by atoms with Crippen molar-refractivity contribution in [1.82, 2.24) is 24.4 Å². The summed E-state index contributed by atoms with van der Waals surface area (Å²) < 4.78 is 71.6. The van der Waals surface area contributed by atoms with Crippen LogP contribution in [0.15, 0.2) is 66.8 Å². The minimum absolute atomic E-state index is 0.0186. The second-order valence-electron chi connectivity index (χ2n) is 6.79. The number of fused-ring (bicyclic) bond motifs is 1. The van der Waals surface area contributed by atoms with Gasteiger partial charge >= 0.3 is 0 Å². The van der Waals surface area contributed by atoms with Crippen molar-refractivity contribution in [3.05, 3.63) is 78.2 Å². The van der Waals surface area contributed by atoms with E-state index in [1.807, 2.05) is 0 Å². The number of hydrogen-bond acceptors (Lipinski definition) is 5. The molecule has 3 aromatic rings. The highest BCUT2D eigenvalue weighted by atomic mass is 32.2. The Bertz CT molecular complexity index is 1470. The summed E-state index contributed by atoms with van der Waals surface area (Å²) in [4.78, 5) is 17.3. The summed E-state index contributed by atoms with van der Waals surface area (Å²) in [7, 11) is -3.57. The van der Waals surface area contributed by atoms with Crippen molar-refractivity contribution < 1.29 is 23.1 Å². The summed E-state index contributed by atoms with van der Waals surface area (Å²) in [5.41, 5.74) is 0.822. The minimum Gasteiger partial charge on any atom is -0.345 e. The van der Waals surface area contributed by atoms with Gasteiger partial charge in [-0.1, -0.05) is 6.08 Å². The molecule has 31 heavy (non-hydrogen) atoms. The number of rotatable bonds is 5. The Morgan fingerprint density at radius 1 is 1.29 bits per heavy atom. The maximum Gasteiger partial charge on any atom is 0.254 e. The van der Waals surface area contributed by atoms with Crippen LogP contribution < -0.4 is 5.32 Å². The van der Waals surface area contributed by atoms with E-state index in [1.165, 1.54) is 59.7 Å². The monoisotopic (exact) mass is 445 g/mol. The minimum atomic E-state index is -3.57. The number of nitrogens with zero attached hydrogens (tertiary/aromatic N) is 4. The molecule has 160 valence electrons. The van der Waals surface area contributed by atoms with E-state index in [0.29, 0.717) is 16.6 Å². The Balaban J connectivity index is 1.69. The number of pyridine rings is 1. The first-order valence-corrected chi connectivity index (χ1v) is 10.9. The fourth-order valence-corrected chi connectivity index (χ4v) is 3.70. The van der Waals surface area contributed by atoms with Crippen LogP contribution in [0.25, 0.3) is 16.6 Å². The van der Waals surface area contributed by atoms with E-state index in [1.54, 1.807) is 0 Å². The van der Waals surface area contributed by atoms with E-state index in [9.17, 15) is 17.6 Å². The molecule has 0 spiro atoms. The van der Waals surface area contributed by atoms with Crippen LogP contribution >= 0.6 is 0 Å². The topological polar surface area (TPSA) is 97.2 Å². The fourth-order valence-electron chi connectivity index (χ4n) is 3.08. The number of hydrogen-bond donors (Lipinski definition) is 1. The zero-order valence-electron chi connectivity index (χ0n) is 20.3. The molecule has 0 bridgehead atoms. The Labute approximate surface area is 184 Å². The van der Waals surface area contributed by atoms with Crippen molar-refractivity contribution in [3.8, 4) is 5.69 Å².